The Kier molecular flexibility index (Phi) is 2.62. The Labute approximate surface area is 67.6 Å². The number of aromatic nitrogens is 2. The first-order chi connectivity index (χ1) is 4.88. The van der Waals surface area contributed by atoms with Crippen molar-refractivity contribution in [2.24, 2.45) is 0 Å². The van der Waals surface area contributed by atoms with Crippen molar-refractivity contribution in [1.29, 1.82) is 0 Å². The second kappa shape index (κ2) is 3.51. The largest absolute Gasteiger partial charge is 0.480 e. The van der Waals surface area contributed by atoms with Crippen LogP contribution < -0.4 is 4.74 Å². The number of ether oxygens (including phenoxy) is 1. The second-order valence-electron chi connectivity index (χ2n) is 1.65. The SMILES string of the molecule is COc1nccnc1CBr. The van der Waals surface area contributed by atoms with E-state index in [1.54, 1.807) is 19.5 Å². The third-order valence-electron chi connectivity index (χ3n) is 1.06. The van der Waals surface area contributed by atoms with Gasteiger partial charge in [0.2, 0.25) is 5.88 Å². The zero-order chi connectivity index (χ0) is 7.40. The molecule has 3 nitrogen and oxygen atoms in total. The molecule has 0 fully saturated rings. The highest BCUT2D eigenvalue weighted by Gasteiger charge is 2.00. The van der Waals surface area contributed by atoms with Crippen molar-refractivity contribution in [2.45, 2.75) is 5.33 Å². The highest BCUT2D eigenvalue weighted by molar-refractivity contribution is 9.08. The van der Waals surface area contributed by atoms with Crippen LogP contribution in [0.5, 0.6) is 5.88 Å². The fraction of sp³-hybridized carbons (Fsp3) is 0.333. The monoisotopic (exact) mass is 202 g/mol. The Morgan fingerprint density at radius 1 is 1.50 bits per heavy atom. The van der Waals surface area contributed by atoms with Crippen molar-refractivity contribution in [3.63, 3.8) is 0 Å². The van der Waals surface area contributed by atoms with E-state index in [0.717, 1.165) is 5.69 Å². The molecule has 1 aromatic rings. The Balaban J connectivity index is 2.96. The molecule has 1 rings (SSSR count). The summed E-state index contributed by atoms with van der Waals surface area (Å²) in [5, 5.41) is 0.671. The molecule has 0 amide bonds. The normalized spacial score (nSPS) is 9.40. The van der Waals surface area contributed by atoms with Crippen LogP contribution in [0.15, 0.2) is 12.4 Å². The van der Waals surface area contributed by atoms with Crippen molar-refractivity contribution < 1.29 is 4.74 Å². The number of methoxy groups -OCH3 is 1. The molecule has 0 aliphatic carbocycles. The van der Waals surface area contributed by atoms with Gasteiger partial charge in [0.05, 0.1) is 12.4 Å². The Bertz CT molecular complexity index is 194. The highest BCUT2D eigenvalue weighted by atomic mass is 79.9. The molecule has 0 saturated carbocycles. The molecule has 10 heavy (non-hydrogen) atoms. The van der Waals surface area contributed by atoms with E-state index in [9.17, 15) is 0 Å². The van der Waals surface area contributed by atoms with E-state index in [2.05, 4.69) is 25.9 Å². The summed E-state index contributed by atoms with van der Waals surface area (Å²) in [4.78, 5) is 7.99. The average Bonchev–Trinajstić information content (AvgIpc) is 2.04. The summed E-state index contributed by atoms with van der Waals surface area (Å²) < 4.78 is 4.93. The van der Waals surface area contributed by atoms with Crippen molar-refractivity contribution in [3.05, 3.63) is 18.1 Å². The maximum Gasteiger partial charge on any atom is 0.236 e. The lowest BCUT2D eigenvalue weighted by molar-refractivity contribution is 0.391. The lowest BCUT2D eigenvalue weighted by atomic mass is 10.5. The predicted octanol–water partition coefficient (Wildman–Crippen LogP) is 1.38. The van der Waals surface area contributed by atoms with Gasteiger partial charge in [-0.15, -0.1) is 0 Å². The van der Waals surface area contributed by atoms with Crippen molar-refractivity contribution in [2.75, 3.05) is 7.11 Å². The van der Waals surface area contributed by atoms with E-state index in [-0.39, 0.29) is 0 Å². The third-order valence-corrected chi connectivity index (χ3v) is 1.59. The van der Waals surface area contributed by atoms with Gasteiger partial charge in [0.15, 0.2) is 0 Å². The van der Waals surface area contributed by atoms with Crippen LogP contribution in [0.25, 0.3) is 0 Å². The van der Waals surface area contributed by atoms with Crippen LogP contribution in [-0.2, 0) is 5.33 Å². The van der Waals surface area contributed by atoms with E-state index in [4.69, 9.17) is 4.74 Å². The van der Waals surface area contributed by atoms with Crippen LogP contribution in [0.3, 0.4) is 0 Å². The summed E-state index contributed by atoms with van der Waals surface area (Å²) in [6.45, 7) is 0. The summed E-state index contributed by atoms with van der Waals surface area (Å²) in [6.07, 6.45) is 3.24. The molecular weight excluding hydrogens is 196 g/mol. The van der Waals surface area contributed by atoms with Crippen molar-refractivity contribution in [1.82, 2.24) is 9.97 Å². The number of alkyl halides is 1. The number of rotatable bonds is 2. The van der Waals surface area contributed by atoms with Gasteiger partial charge in [-0.05, 0) is 0 Å². The van der Waals surface area contributed by atoms with Crippen LogP contribution >= 0.6 is 15.9 Å². The minimum Gasteiger partial charge on any atom is -0.480 e. The predicted molar refractivity (Wildman–Crippen MR) is 41.2 cm³/mol. The second-order valence-corrected chi connectivity index (χ2v) is 2.21. The zero-order valence-electron chi connectivity index (χ0n) is 5.54. The van der Waals surface area contributed by atoms with Gasteiger partial charge in [0.1, 0.15) is 5.69 Å². The molecule has 1 heterocycles. The molecule has 0 saturated heterocycles. The number of hydrogen-bond donors (Lipinski definition) is 0. The lowest BCUT2D eigenvalue weighted by Crippen LogP contribution is -1.94. The Hall–Kier alpha value is -0.640. The van der Waals surface area contributed by atoms with Crippen molar-refractivity contribution >= 4 is 15.9 Å². The first-order valence-electron chi connectivity index (χ1n) is 2.78. The van der Waals surface area contributed by atoms with E-state index in [1.165, 1.54) is 0 Å². The topological polar surface area (TPSA) is 35.0 Å². The number of nitrogens with zero attached hydrogens (tertiary/aromatic N) is 2. The average molecular weight is 203 g/mol. The highest BCUT2D eigenvalue weighted by Crippen LogP contribution is 2.12. The third kappa shape index (κ3) is 1.44. The number of hydrogen-bond acceptors (Lipinski definition) is 3. The molecule has 0 N–H and O–H groups in total. The maximum absolute atomic E-state index is 4.93. The molecule has 0 radical (unpaired) electrons. The zero-order valence-corrected chi connectivity index (χ0v) is 7.13. The standard InChI is InChI=1S/C6H7BrN2O/c1-10-6-5(4-7)8-2-3-9-6/h2-3H,4H2,1H3. The van der Waals surface area contributed by atoms with Gasteiger partial charge in [-0.3, -0.25) is 4.98 Å². The van der Waals surface area contributed by atoms with Crippen LogP contribution in [-0.4, -0.2) is 17.1 Å². The minimum absolute atomic E-state index is 0.583. The fourth-order valence-electron chi connectivity index (χ4n) is 0.616. The molecule has 54 valence electrons. The summed E-state index contributed by atoms with van der Waals surface area (Å²) >= 11 is 3.27. The van der Waals surface area contributed by atoms with Crippen LogP contribution in [0.1, 0.15) is 5.69 Å². The van der Waals surface area contributed by atoms with E-state index in [0.29, 0.717) is 11.2 Å². The summed E-state index contributed by atoms with van der Waals surface area (Å²) in [7, 11) is 1.58. The molecule has 1 aromatic heterocycles. The van der Waals surface area contributed by atoms with E-state index in [1.807, 2.05) is 0 Å². The molecule has 0 aliphatic heterocycles. The molecule has 0 aromatic carbocycles. The van der Waals surface area contributed by atoms with Crippen LogP contribution in [0, 0.1) is 0 Å². The molecule has 4 heteroatoms. The Morgan fingerprint density at radius 3 is 2.70 bits per heavy atom. The fourth-order valence-corrected chi connectivity index (χ4v) is 1.00. The van der Waals surface area contributed by atoms with Crippen LogP contribution in [0.2, 0.25) is 0 Å². The minimum atomic E-state index is 0.583. The van der Waals surface area contributed by atoms with Gasteiger partial charge >= 0.3 is 0 Å². The molecule has 0 bridgehead atoms. The molecular formula is C6H7BrN2O. The molecule has 0 unspecified atom stereocenters. The first-order valence-corrected chi connectivity index (χ1v) is 3.90. The molecule has 0 aliphatic rings. The van der Waals surface area contributed by atoms with Gasteiger partial charge in [-0.1, -0.05) is 15.9 Å². The lowest BCUT2D eigenvalue weighted by Gasteiger charge is -2.00. The van der Waals surface area contributed by atoms with E-state index < -0.39 is 0 Å². The summed E-state index contributed by atoms with van der Waals surface area (Å²) in [5.41, 5.74) is 0.824. The maximum atomic E-state index is 4.93. The van der Waals surface area contributed by atoms with E-state index >= 15 is 0 Å². The summed E-state index contributed by atoms with van der Waals surface area (Å²) in [5.74, 6) is 0.583. The van der Waals surface area contributed by atoms with Gasteiger partial charge in [-0.2, -0.15) is 0 Å². The molecule has 0 atom stereocenters. The summed E-state index contributed by atoms with van der Waals surface area (Å²) in [6, 6.07) is 0. The number of halogens is 1. The first kappa shape index (κ1) is 7.47. The van der Waals surface area contributed by atoms with Crippen LogP contribution in [0.4, 0.5) is 0 Å². The van der Waals surface area contributed by atoms with Gasteiger partial charge in [0, 0.05) is 12.4 Å². The Morgan fingerprint density at radius 2 is 2.20 bits per heavy atom. The van der Waals surface area contributed by atoms with Gasteiger partial charge < -0.3 is 4.74 Å². The quantitative estimate of drug-likeness (QED) is 0.681. The van der Waals surface area contributed by atoms with Gasteiger partial charge in [-0.25, -0.2) is 4.98 Å². The van der Waals surface area contributed by atoms with Gasteiger partial charge in [0.25, 0.3) is 0 Å². The van der Waals surface area contributed by atoms with Crippen molar-refractivity contribution in [3.8, 4) is 5.88 Å². The molecule has 0 spiro atoms. The smallest absolute Gasteiger partial charge is 0.236 e.